The third-order valence-corrected chi connectivity index (χ3v) is 4.91. The SMILES string of the molecule is Cc1nnc(CN=C(NCCc2ccccn2)NC2CCCCC2)n1C.I. The van der Waals surface area contributed by atoms with Crippen molar-refractivity contribution >= 4 is 29.9 Å². The minimum absolute atomic E-state index is 0. The first kappa shape index (κ1) is 21.6. The van der Waals surface area contributed by atoms with Gasteiger partial charge in [0, 0.05) is 37.9 Å². The number of hydrogen-bond acceptors (Lipinski definition) is 4. The second kappa shape index (κ2) is 11.2. The van der Waals surface area contributed by atoms with Crippen LogP contribution in [-0.2, 0) is 20.0 Å². The highest BCUT2D eigenvalue weighted by molar-refractivity contribution is 14.0. The van der Waals surface area contributed by atoms with Crippen LogP contribution in [0.25, 0.3) is 0 Å². The van der Waals surface area contributed by atoms with E-state index in [1.165, 1.54) is 32.1 Å². The number of aromatic nitrogens is 4. The lowest BCUT2D eigenvalue weighted by Gasteiger charge is -2.25. The van der Waals surface area contributed by atoms with Gasteiger partial charge in [-0.05, 0) is 31.9 Å². The Hall–Kier alpha value is -1.71. The standard InChI is InChI=1S/C19H29N7.HI/c1-15-24-25-18(26(15)2)14-22-19(23-17-9-4-3-5-10-17)21-13-11-16-8-6-7-12-20-16;/h6-8,12,17H,3-5,9-11,13-14H2,1-2H3,(H2,21,22,23);1H. The summed E-state index contributed by atoms with van der Waals surface area (Å²) >= 11 is 0. The van der Waals surface area contributed by atoms with Crippen molar-refractivity contribution in [1.29, 1.82) is 0 Å². The number of nitrogens with one attached hydrogen (secondary N) is 2. The van der Waals surface area contributed by atoms with E-state index in [0.29, 0.717) is 12.6 Å². The first-order chi connectivity index (χ1) is 12.7. The number of guanidine groups is 1. The Morgan fingerprint density at radius 3 is 2.70 bits per heavy atom. The summed E-state index contributed by atoms with van der Waals surface area (Å²) in [6, 6.07) is 6.52. The van der Waals surface area contributed by atoms with Gasteiger partial charge in [-0.1, -0.05) is 25.3 Å². The number of pyridine rings is 1. The molecule has 0 unspecified atom stereocenters. The van der Waals surface area contributed by atoms with Gasteiger partial charge in [-0.25, -0.2) is 4.99 Å². The Labute approximate surface area is 178 Å². The second-order valence-corrected chi connectivity index (χ2v) is 6.86. The van der Waals surface area contributed by atoms with Gasteiger partial charge in [-0.3, -0.25) is 4.98 Å². The predicted octanol–water partition coefficient (Wildman–Crippen LogP) is 2.75. The third-order valence-electron chi connectivity index (χ3n) is 4.91. The van der Waals surface area contributed by atoms with Crippen molar-refractivity contribution in [2.75, 3.05) is 6.54 Å². The molecule has 3 rings (SSSR count). The highest BCUT2D eigenvalue weighted by Gasteiger charge is 2.15. The lowest BCUT2D eigenvalue weighted by Crippen LogP contribution is -2.45. The monoisotopic (exact) mass is 483 g/mol. The number of aryl methyl sites for hydroxylation is 1. The van der Waals surface area contributed by atoms with E-state index in [1.54, 1.807) is 0 Å². The van der Waals surface area contributed by atoms with Crippen molar-refractivity contribution in [3.63, 3.8) is 0 Å². The lowest BCUT2D eigenvalue weighted by atomic mass is 9.96. The first-order valence-corrected chi connectivity index (χ1v) is 9.52. The number of rotatable bonds is 6. The zero-order valence-corrected chi connectivity index (χ0v) is 18.5. The molecule has 1 fully saturated rings. The summed E-state index contributed by atoms with van der Waals surface area (Å²) in [6.45, 7) is 3.27. The van der Waals surface area contributed by atoms with Gasteiger partial charge in [0.25, 0.3) is 0 Å². The molecule has 0 spiro atoms. The molecule has 1 aliphatic carbocycles. The molecule has 1 saturated carbocycles. The van der Waals surface area contributed by atoms with Gasteiger partial charge < -0.3 is 15.2 Å². The summed E-state index contributed by atoms with van der Waals surface area (Å²) in [5.74, 6) is 2.63. The van der Waals surface area contributed by atoms with Gasteiger partial charge in [0.1, 0.15) is 12.4 Å². The Morgan fingerprint density at radius 1 is 1.22 bits per heavy atom. The van der Waals surface area contributed by atoms with E-state index in [9.17, 15) is 0 Å². The highest BCUT2D eigenvalue weighted by Crippen LogP contribution is 2.17. The molecule has 0 amide bonds. The van der Waals surface area contributed by atoms with E-state index in [2.05, 4.69) is 31.9 Å². The maximum absolute atomic E-state index is 4.74. The first-order valence-electron chi connectivity index (χ1n) is 9.52. The van der Waals surface area contributed by atoms with Crippen LogP contribution >= 0.6 is 24.0 Å². The molecule has 0 bridgehead atoms. The van der Waals surface area contributed by atoms with Crippen LogP contribution in [0.15, 0.2) is 29.4 Å². The Balaban J connectivity index is 0.00000261. The molecule has 2 N–H and O–H groups in total. The summed E-state index contributed by atoms with van der Waals surface area (Å²) < 4.78 is 1.98. The molecule has 27 heavy (non-hydrogen) atoms. The normalized spacial score (nSPS) is 15.3. The van der Waals surface area contributed by atoms with Gasteiger partial charge in [0.05, 0.1) is 0 Å². The summed E-state index contributed by atoms with van der Waals surface area (Å²) in [6.07, 6.45) is 9.06. The van der Waals surface area contributed by atoms with Crippen LogP contribution in [0.4, 0.5) is 0 Å². The fraction of sp³-hybridized carbons (Fsp3) is 0.579. The number of nitrogens with zero attached hydrogens (tertiary/aromatic N) is 5. The van der Waals surface area contributed by atoms with Crippen molar-refractivity contribution in [2.45, 2.75) is 58.0 Å². The molecule has 0 atom stereocenters. The molecule has 0 aromatic carbocycles. The van der Waals surface area contributed by atoms with E-state index in [-0.39, 0.29) is 24.0 Å². The maximum atomic E-state index is 4.74. The maximum Gasteiger partial charge on any atom is 0.191 e. The van der Waals surface area contributed by atoms with Crippen LogP contribution in [0.5, 0.6) is 0 Å². The topological polar surface area (TPSA) is 80.0 Å². The Morgan fingerprint density at radius 2 is 2.04 bits per heavy atom. The number of aliphatic imine (C=N–C) groups is 1. The van der Waals surface area contributed by atoms with Gasteiger partial charge >= 0.3 is 0 Å². The van der Waals surface area contributed by atoms with Crippen LogP contribution in [0, 0.1) is 6.92 Å². The van der Waals surface area contributed by atoms with Crippen LogP contribution in [-0.4, -0.2) is 38.3 Å². The van der Waals surface area contributed by atoms with Crippen molar-refractivity contribution < 1.29 is 0 Å². The quantitative estimate of drug-likeness (QED) is 0.375. The van der Waals surface area contributed by atoms with Gasteiger partial charge in [0.15, 0.2) is 11.8 Å². The molecular formula is C19H30IN7. The zero-order chi connectivity index (χ0) is 18.2. The van der Waals surface area contributed by atoms with Crippen LogP contribution < -0.4 is 10.6 Å². The van der Waals surface area contributed by atoms with Crippen LogP contribution in [0.3, 0.4) is 0 Å². The fourth-order valence-electron chi connectivity index (χ4n) is 3.19. The second-order valence-electron chi connectivity index (χ2n) is 6.86. The van der Waals surface area contributed by atoms with Gasteiger partial charge in [-0.2, -0.15) is 0 Å². The molecule has 0 aliphatic heterocycles. The highest BCUT2D eigenvalue weighted by atomic mass is 127. The molecular weight excluding hydrogens is 453 g/mol. The summed E-state index contributed by atoms with van der Waals surface area (Å²) in [4.78, 5) is 9.12. The van der Waals surface area contributed by atoms with E-state index in [4.69, 9.17) is 4.99 Å². The van der Waals surface area contributed by atoms with E-state index in [1.807, 2.05) is 36.9 Å². The molecule has 2 heterocycles. The van der Waals surface area contributed by atoms with Gasteiger partial charge in [-0.15, -0.1) is 34.2 Å². The molecule has 2 aromatic heterocycles. The summed E-state index contributed by atoms with van der Waals surface area (Å²) in [7, 11) is 1.98. The van der Waals surface area contributed by atoms with E-state index < -0.39 is 0 Å². The molecule has 0 radical (unpaired) electrons. The number of halogens is 1. The third kappa shape index (κ3) is 6.75. The Kier molecular flexibility index (Phi) is 8.96. The fourth-order valence-corrected chi connectivity index (χ4v) is 3.19. The zero-order valence-electron chi connectivity index (χ0n) is 16.2. The summed E-state index contributed by atoms with van der Waals surface area (Å²) in [5.41, 5.74) is 1.08. The minimum Gasteiger partial charge on any atom is -0.356 e. The lowest BCUT2D eigenvalue weighted by molar-refractivity contribution is 0.409. The van der Waals surface area contributed by atoms with Crippen LogP contribution in [0.1, 0.15) is 49.4 Å². The molecule has 1 aliphatic rings. The minimum atomic E-state index is 0. The van der Waals surface area contributed by atoms with Gasteiger partial charge in [0.2, 0.25) is 0 Å². The molecule has 7 nitrogen and oxygen atoms in total. The van der Waals surface area contributed by atoms with Crippen molar-refractivity contribution in [3.8, 4) is 0 Å². The molecule has 0 saturated heterocycles. The largest absolute Gasteiger partial charge is 0.356 e. The predicted molar refractivity (Wildman–Crippen MR) is 118 cm³/mol. The summed E-state index contributed by atoms with van der Waals surface area (Å²) in [5, 5.41) is 15.4. The average Bonchev–Trinajstić information content (AvgIpc) is 2.99. The molecule has 148 valence electrons. The average molecular weight is 483 g/mol. The van der Waals surface area contributed by atoms with Crippen molar-refractivity contribution in [2.24, 2.45) is 12.0 Å². The van der Waals surface area contributed by atoms with E-state index >= 15 is 0 Å². The Bertz CT molecular complexity index is 708. The number of hydrogen-bond donors (Lipinski definition) is 2. The molecule has 2 aromatic rings. The van der Waals surface area contributed by atoms with Crippen molar-refractivity contribution in [1.82, 2.24) is 30.4 Å². The van der Waals surface area contributed by atoms with Crippen molar-refractivity contribution in [3.05, 3.63) is 41.7 Å². The van der Waals surface area contributed by atoms with E-state index in [0.717, 1.165) is 36.3 Å². The molecule has 8 heteroatoms. The smallest absolute Gasteiger partial charge is 0.191 e. The van der Waals surface area contributed by atoms with Crippen LogP contribution in [0.2, 0.25) is 0 Å².